The molecule has 2 aliphatic rings. The van der Waals surface area contributed by atoms with Crippen LogP contribution in [-0.2, 0) is 14.4 Å². The van der Waals surface area contributed by atoms with Crippen molar-refractivity contribution in [3.8, 4) is 0 Å². The smallest absolute Gasteiger partial charge is 0.318 e. The predicted molar refractivity (Wildman–Crippen MR) is 66.6 cm³/mol. The third-order valence-electron chi connectivity index (χ3n) is 4.03. The SMILES string of the molecule is CC1C(=O)NC(=O)CN1C(=O)NCC1(C(=O)O)CCC1. The number of imide groups is 1. The summed E-state index contributed by atoms with van der Waals surface area (Å²) >= 11 is 0. The van der Waals surface area contributed by atoms with Crippen molar-refractivity contribution in [2.45, 2.75) is 32.2 Å². The summed E-state index contributed by atoms with van der Waals surface area (Å²) in [7, 11) is 0. The molecule has 2 fully saturated rings. The maximum Gasteiger partial charge on any atom is 0.318 e. The quantitative estimate of drug-likeness (QED) is 0.592. The van der Waals surface area contributed by atoms with E-state index in [1.807, 2.05) is 0 Å². The molecule has 2 rings (SSSR count). The minimum atomic E-state index is -0.926. The van der Waals surface area contributed by atoms with E-state index in [-0.39, 0.29) is 13.1 Å². The molecule has 0 aromatic carbocycles. The van der Waals surface area contributed by atoms with Crippen LogP contribution >= 0.6 is 0 Å². The van der Waals surface area contributed by atoms with Gasteiger partial charge in [0.05, 0.1) is 5.41 Å². The number of urea groups is 1. The lowest BCUT2D eigenvalue weighted by atomic mass is 9.69. The monoisotopic (exact) mass is 283 g/mol. The number of hydrogen-bond acceptors (Lipinski definition) is 4. The van der Waals surface area contributed by atoms with Gasteiger partial charge in [-0.25, -0.2) is 4.79 Å². The number of carbonyl (C=O) groups is 4. The lowest BCUT2D eigenvalue weighted by molar-refractivity contribution is -0.154. The molecule has 1 aliphatic heterocycles. The Morgan fingerprint density at radius 1 is 1.45 bits per heavy atom. The van der Waals surface area contributed by atoms with Gasteiger partial charge in [-0.05, 0) is 19.8 Å². The van der Waals surface area contributed by atoms with Crippen LogP contribution in [0.5, 0.6) is 0 Å². The van der Waals surface area contributed by atoms with Gasteiger partial charge >= 0.3 is 12.0 Å². The molecule has 0 radical (unpaired) electrons. The van der Waals surface area contributed by atoms with Gasteiger partial charge in [0.1, 0.15) is 12.6 Å². The fourth-order valence-corrected chi connectivity index (χ4v) is 2.38. The number of rotatable bonds is 3. The second-order valence-electron chi connectivity index (χ2n) is 5.31. The standard InChI is InChI=1S/C12H17N3O5/c1-7-9(17)14-8(16)5-15(7)11(20)13-6-12(10(18)19)3-2-4-12/h7H,2-6H2,1H3,(H,13,20)(H,18,19)(H,14,16,17). The molecule has 0 aromatic heterocycles. The summed E-state index contributed by atoms with van der Waals surface area (Å²) < 4.78 is 0. The molecule has 8 nitrogen and oxygen atoms in total. The maximum absolute atomic E-state index is 12.0. The number of carbonyl (C=O) groups excluding carboxylic acids is 3. The number of carboxylic acid groups (broad SMARTS) is 1. The first-order valence-electron chi connectivity index (χ1n) is 6.47. The fraction of sp³-hybridized carbons (Fsp3) is 0.667. The number of hydrogen-bond donors (Lipinski definition) is 3. The second-order valence-corrected chi connectivity index (χ2v) is 5.31. The van der Waals surface area contributed by atoms with E-state index in [9.17, 15) is 19.2 Å². The van der Waals surface area contributed by atoms with Gasteiger partial charge in [-0.3, -0.25) is 19.7 Å². The van der Waals surface area contributed by atoms with Crippen molar-refractivity contribution >= 4 is 23.8 Å². The van der Waals surface area contributed by atoms with Crippen LogP contribution in [0.4, 0.5) is 4.79 Å². The van der Waals surface area contributed by atoms with Crippen LogP contribution in [0.15, 0.2) is 0 Å². The Kier molecular flexibility index (Phi) is 3.65. The van der Waals surface area contributed by atoms with Crippen LogP contribution in [0.2, 0.25) is 0 Å². The first-order valence-corrected chi connectivity index (χ1v) is 6.47. The summed E-state index contributed by atoms with van der Waals surface area (Å²) in [6.45, 7) is 1.32. The number of nitrogens with one attached hydrogen (secondary N) is 2. The van der Waals surface area contributed by atoms with Crippen molar-refractivity contribution in [2.75, 3.05) is 13.1 Å². The summed E-state index contributed by atoms with van der Waals surface area (Å²) in [4.78, 5) is 47.0. The van der Waals surface area contributed by atoms with Crippen molar-refractivity contribution < 1.29 is 24.3 Å². The number of amides is 4. The summed E-state index contributed by atoms with van der Waals surface area (Å²) in [6, 6.07) is -1.34. The normalized spacial score (nSPS) is 24.6. The van der Waals surface area contributed by atoms with Crippen LogP contribution < -0.4 is 10.6 Å². The van der Waals surface area contributed by atoms with Crippen molar-refractivity contribution in [3.05, 3.63) is 0 Å². The zero-order valence-corrected chi connectivity index (χ0v) is 11.1. The van der Waals surface area contributed by atoms with E-state index in [4.69, 9.17) is 5.11 Å². The summed E-state index contributed by atoms with van der Waals surface area (Å²) in [6.07, 6.45) is 1.87. The molecule has 1 heterocycles. The highest BCUT2D eigenvalue weighted by atomic mass is 16.4. The van der Waals surface area contributed by atoms with Gasteiger partial charge in [0.2, 0.25) is 11.8 Å². The van der Waals surface area contributed by atoms with E-state index in [1.54, 1.807) is 0 Å². The average Bonchev–Trinajstić information content (AvgIpc) is 2.31. The molecule has 0 spiro atoms. The second kappa shape index (κ2) is 5.10. The van der Waals surface area contributed by atoms with Gasteiger partial charge in [-0.15, -0.1) is 0 Å². The van der Waals surface area contributed by atoms with Gasteiger partial charge in [-0.1, -0.05) is 6.42 Å². The first-order chi connectivity index (χ1) is 9.35. The Morgan fingerprint density at radius 3 is 2.60 bits per heavy atom. The molecule has 1 saturated heterocycles. The van der Waals surface area contributed by atoms with Gasteiger partial charge in [0.15, 0.2) is 0 Å². The molecule has 20 heavy (non-hydrogen) atoms. The van der Waals surface area contributed by atoms with Gasteiger partial charge in [0, 0.05) is 6.54 Å². The Morgan fingerprint density at radius 2 is 2.10 bits per heavy atom. The fourth-order valence-electron chi connectivity index (χ4n) is 2.38. The van der Waals surface area contributed by atoms with Gasteiger partial charge in [-0.2, -0.15) is 0 Å². The summed E-state index contributed by atoms with van der Waals surface area (Å²) in [5, 5.41) is 13.8. The van der Waals surface area contributed by atoms with E-state index in [0.29, 0.717) is 12.8 Å². The Bertz CT molecular complexity index is 472. The largest absolute Gasteiger partial charge is 0.481 e. The number of nitrogens with zero attached hydrogens (tertiary/aromatic N) is 1. The predicted octanol–water partition coefficient (Wildman–Crippen LogP) is -0.702. The summed E-state index contributed by atoms with van der Waals surface area (Å²) in [5.74, 6) is -2.00. The molecular formula is C12H17N3O5. The van der Waals surface area contributed by atoms with Gasteiger partial charge < -0.3 is 15.3 Å². The van der Waals surface area contributed by atoms with Crippen LogP contribution in [0.1, 0.15) is 26.2 Å². The van der Waals surface area contributed by atoms with Crippen LogP contribution in [0.25, 0.3) is 0 Å². The number of carboxylic acids is 1. The zero-order valence-electron chi connectivity index (χ0n) is 11.1. The van der Waals surface area contributed by atoms with Gasteiger partial charge in [0.25, 0.3) is 0 Å². The molecule has 1 atom stereocenters. The molecule has 1 unspecified atom stereocenters. The third-order valence-corrected chi connectivity index (χ3v) is 4.03. The molecule has 3 N–H and O–H groups in total. The maximum atomic E-state index is 12.0. The lowest BCUT2D eigenvalue weighted by Gasteiger charge is -2.39. The Hall–Kier alpha value is -2.12. The van der Waals surface area contributed by atoms with Crippen molar-refractivity contribution in [1.82, 2.24) is 15.5 Å². The third kappa shape index (κ3) is 2.45. The molecule has 1 saturated carbocycles. The van der Waals surface area contributed by atoms with Crippen LogP contribution in [0.3, 0.4) is 0 Å². The summed E-state index contributed by atoms with van der Waals surface area (Å²) in [5.41, 5.74) is -0.902. The Balaban J connectivity index is 1.96. The lowest BCUT2D eigenvalue weighted by Crippen LogP contribution is -2.61. The average molecular weight is 283 g/mol. The number of piperazine rings is 1. The van der Waals surface area contributed by atoms with Crippen LogP contribution in [0, 0.1) is 5.41 Å². The van der Waals surface area contributed by atoms with Crippen molar-refractivity contribution in [1.29, 1.82) is 0 Å². The highest BCUT2D eigenvalue weighted by Crippen LogP contribution is 2.40. The highest BCUT2D eigenvalue weighted by Gasteiger charge is 2.45. The minimum Gasteiger partial charge on any atom is -0.481 e. The van der Waals surface area contributed by atoms with Crippen molar-refractivity contribution in [3.63, 3.8) is 0 Å². The molecule has 4 amide bonds. The molecule has 0 aromatic rings. The van der Waals surface area contributed by atoms with E-state index < -0.39 is 35.3 Å². The first kappa shape index (κ1) is 14.3. The van der Waals surface area contributed by atoms with E-state index in [1.165, 1.54) is 6.92 Å². The topological polar surface area (TPSA) is 116 Å². The van der Waals surface area contributed by atoms with E-state index in [2.05, 4.69) is 10.6 Å². The molecule has 1 aliphatic carbocycles. The minimum absolute atomic E-state index is 0.0141. The Labute approximate surface area is 115 Å². The number of aliphatic carboxylic acids is 1. The van der Waals surface area contributed by atoms with Crippen LogP contribution in [-0.4, -0.2) is 53.0 Å². The van der Waals surface area contributed by atoms with E-state index >= 15 is 0 Å². The molecule has 110 valence electrons. The zero-order chi connectivity index (χ0) is 14.9. The molecular weight excluding hydrogens is 266 g/mol. The molecule has 0 bridgehead atoms. The highest BCUT2D eigenvalue weighted by molar-refractivity contribution is 6.03. The van der Waals surface area contributed by atoms with Crippen molar-refractivity contribution in [2.24, 2.45) is 5.41 Å². The molecule has 8 heteroatoms. The van der Waals surface area contributed by atoms with E-state index in [0.717, 1.165) is 11.3 Å².